The molecule has 0 bridgehead atoms. The van der Waals surface area contributed by atoms with Crippen molar-refractivity contribution < 1.29 is 22.2 Å². The van der Waals surface area contributed by atoms with E-state index in [4.69, 9.17) is 5.11 Å². The molecule has 1 radical (unpaired) electrons. The predicted molar refractivity (Wildman–Crippen MR) is 26.9 cm³/mol. The van der Waals surface area contributed by atoms with Crippen LogP contribution in [0.4, 0.5) is 0 Å². The van der Waals surface area contributed by atoms with Gasteiger partial charge in [-0.05, 0) is 0 Å². The Kier molecular flexibility index (Phi) is 3.33. The van der Waals surface area contributed by atoms with E-state index in [-0.39, 0.29) is 17.1 Å². The molecule has 0 atom stereocenters. The molecule has 1 aromatic rings. The summed E-state index contributed by atoms with van der Waals surface area (Å²) in [5.74, 6) is 0.291. The fraction of sp³-hybridized carbons (Fsp3) is 0. The normalized spacial score (nSPS) is 7.50. The number of hydrogen-bond donors (Lipinski definition) is 1. The van der Waals surface area contributed by atoms with Crippen LogP contribution in [0.3, 0.4) is 0 Å². The first-order chi connectivity index (χ1) is 3.39. The van der Waals surface area contributed by atoms with Crippen molar-refractivity contribution in [2.24, 2.45) is 0 Å². The second-order valence-electron chi connectivity index (χ2n) is 1.26. The van der Waals surface area contributed by atoms with Crippen molar-refractivity contribution >= 4 is 0 Å². The minimum absolute atomic E-state index is 0. The van der Waals surface area contributed by atoms with Crippen LogP contribution in [-0.4, -0.2) is 5.11 Å². The standard InChI is InChI=1S/C6H5O.Mn/c7-6-4-2-1-3-5-6;/h2-5,7H;/q-1;. The summed E-state index contributed by atoms with van der Waals surface area (Å²) in [6.45, 7) is 0. The second kappa shape index (κ2) is 3.53. The van der Waals surface area contributed by atoms with Crippen LogP contribution in [-0.2, 0) is 17.1 Å². The van der Waals surface area contributed by atoms with E-state index in [9.17, 15) is 0 Å². The van der Waals surface area contributed by atoms with Gasteiger partial charge in [0.2, 0.25) is 0 Å². The summed E-state index contributed by atoms with van der Waals surface area (Å²) in [6.07, 6.45) is 0. The average molecular weight is 148 g/mol. The van der Waals surface area contributed by atoms with Gasteiger partial charge >= 0.3 is 0 Å². The third-order valence-corrected chi connectivity index (χ3v) is 0.701. The third kappa shape index (κ3) is 2.01. The van der Waals surface area contributed by atoms with E-state index in [0.717, 1.165) is 0 Å². The van der Waals surface area contributed by atoms with E-state index < -0.39 is 0 Å². The molecule has 0 unspecified atom stereocenters. The maximum absolute atomic E-state index is 8.61. The molecule has 0 aromatic heterocycles. The molecule has 1 N–H and O–H groups in total. The van der Waals surface area contributed by atoms with Crippen molar-refractivity contribution in [1.82, 2.24) is 0 Å². The summed E-state index contributed by atoms with van der Waals surface area (Å²) in [7, 11) is 0. The molecule has 8 heavy (non-hydrogen) atoms. The molecule has 0 saturated carbocycles. The first-order valence-corrected chi connectivity index (χ1v) is 2.04. The molecule has 2 heteroatoms. The molecule has 0 heterocycles. The summed E-state index contributed by atoms with van der Waals surface area (Å²) in [5.41, 5.74) is 0. The van der Waals surface area contributed by atoms with Gasteiger partial charge in [-0.25, -0.2) is 0 Å². The zero-order valence-corrected chi connectivity index (χ0v) is 5.32. The Morgan fingerprint density at radius 3 is 2.00 bits per heavy atom. The maximum Gasteiger partial charge on any atom is 0.00821 e. The molecule has 1 rings (SSSR count). The minimum atomic E-state index is 0. The van der Waals surface area contributed by atoms with Crippen molar-refractivity contribution in [2.75, 3.05) is 0 Å². The smallest absolute Gasteiger partial charge is 0.00821 e. The van der Waals surface area contributed by atoms with Crippen molar-refractivity contribution in [2.45, 2.75) is 0 Å². The van der Waals surface area contributed by atoms with Crippen LogP contribution >= 0.6 is 0 Å². The fourth-order valence-electron chi connectivity index (χ4n) is 0.378. The Morgan fingerprint density at radius 1 is 1.25 bits per heavy atom. The number of benzene rings is 1. The number of rotatable bonds is 0. The average Bonchev–Trinajstić information content (AvgIpc) is 1.69. The number of phenols is 1. The summed E-state index contributed by atoms with van der Waals surface area (Å²) >= 11 is 0. The van der Waals surface area contributed by atoms with Gasteiger partial charge in [0.25, 0.3) is 0 Å². The molecule has 1 aromatic carbocycles. The van der Waals surface area contributed by atoms with Crippen LogP contribution < -0.4 is 0 Å². The van der Waals surface area contributed by atoms with Crippen molar-refractivity contribution in [3.8, 4) is 5.75 Å². The van der Waals surface area contributed by atoms with Crippen LogP contribution in [0.1, 0.15) is 0 Å². The Bertz CT molecular complexity index is 138. The zero-order valence-electron chi connectivity index (χ0n) is 4.13. The van der Waals surface area contributed by atoms with Crippen molar-refractivity contribution in [1.29, 1.82) is 0 Å². The van der Waals surface area contributed by atoms with Gasteiger partial charge in [-0.15, -0.1) is 12.1 Å². The van der Waals surface area contributed by atoms with Crippen LogP contribution in [0.15, 0.2) is 24.3 Å². The van der Waals surface area contributed by atoms with Gasteiger partial charge in [0.05, 0.1) is 0 Å². The molecule has 43 valence electrons. The number of aromatic hydroxyl groups is 1. The van der Waals surface area contributed by atoms with Crippen LogP contribution in [0.25, 0.3) is 0 Å². The van der Waals surface area contributed by atoms with E-state index in [0.29, 0.717) is 5.75 Å². The van der Waals surface area contributed by atoms with Gasteiger partial charge < -0.3 is 5.11 Å². The second-order valence-corrected chi connectivity index (χ2v) is 1.26. The Morgan fingerprint density at radius 2 is 1.75 bits per heavy atom. The summed E-state index contributed by atoms with van der Waals surface area (Å²) in [4.78, 5) is 0. The van der Waals surface area contributed by atoms with Crippen LogP contribution in [0, 0.1) is 6.07 Å². The first-order valence-electron chi connectivity index (χ1n) is 2.04. The zero-order chi connectivity index (χ0) is 5.11. The Balaban J connectivity index is 0.000000490. The van der Waals surface area contributed by atoms with Gasteiger partial charge in [-0.2, -0.15) is 18.2 Å². The molecule has 0 aliphatic heterocycles. The van der Waals surface area contributed by atoms with Gasteiger partial charge in [0.1, 0.15) is 0 Å². The molecule has 0 amide bonds. The minimum Gasteiger partial charge on any atom is -0.533 e. The van der Waals surface area contributed by atoms with Gasteiger partial charge in [-0.1, -0.05) is 0 Å². The van der Waals surface area contributed by atoms with Crippen molar-refractivity contribution in [3.05, 3.63) is 30.3 Å². The largest absolute Gasteiger partial charge is 0.533 e. The van der Waals surface area contributed by atoms with Crippen LogP contribution in [0.5, 0.6) is 5.75 Å². The van der Waals surface area contributed by atoms with Gasteiger partial charge in [0.15, 0.2) is 0 Å². The van der Waals surface area contributed by atoms with E-state index in [1.54, 1.807) is 24.3 Å². The number of hydrogen-bond acceptors (Lipinski definition) is 1. The van der Waals surface area contributed by atoms with E-state index in [2.05, 4.69) is 6.07 Å². The molecule has 0 aliphatic carbocycles. The molecule has 0 saturated heterocycles. The van der Waals surface area contributed by atoms with E-state index >= 15 is 0 Å². The van der Waals surface area contributed by atoms with Gasteiger partial charge in [0, 0.05) is 22.8 Å². The van der Waals surface area contributed by atoms with E-state index in [1.807, 2.05) is 0 Å². The summed E-state index contributed by atoms with van der Waals surface area (Å²) in [5, 5.41) is 8.61. The third-order valence-electron chi connectivity index (χ3n) is 0.701. The predicted octanol–water partition coefficient (Wildman–Crippen LogP) is 1.19. The molecular weight excluding hydrogens is 143 g/mol. The van der Waals surface area contributed by atoms with Gasteiger partial charge in [-0.3, -0.25) is 0 Å². The molecular formula is C6H5MnO-. The first kappa shape index (κ1) is 7.54. The number of phenolic OH excluding ortho intramolecular Hbond substituents is 1. The molecule has 0 spiro atoms. The Labute approximate surface area is 58.8 Å². The maximum atomic E-state index is 8.61. The molecule has 0 fully saturated rings. The monoisotopic (exact) mass is 148 g/mol. The fourth-order valence-corrected chi connectivity index (χ4v) is 0.378. The molecule has 0 aliphatic rings. The Hall–Kier alpha value is -0.461. The summed E-state index contributed by atoms with van der Waals surface area (Å²) < 4.78 is 0. The van der Waals surface area contributed by atoms with Crippen LogP contribution in [0.2, 0.25) is 0 Å². The topological polar surface area (TPSA) is 20.2 Å². The quantitative estimate of drug-likeness (QED) is 0.432. The molecule has 1 nitrogen and oxygen atoms in total. The SMILES string of the molecule is Oc1cc[c-]cc1.[Mn]. The van der Waals surface area contributed by atoms with E-state index in [1.165, 1.54) is 0 Å². The summed E-state index contributed by atoms with van der Waals surface area (Å²) in [6, 6.07) is 9.26. The van der Waals surface area contributed by atoms with Crippen molar-refractivity contribution in [3.63, 3.8) is 0 Å².